The van der Waals surface area contributed by atoms with Gasteiger partial charge in [0.2, 0.25) is 0 Å². The van der Waals surface area contributed by atoms with Crippen LogP contribution in [0.3, 0.4) is 0 Å². The number of aliphatic carboxylic acids is 1. The number of carboxylic acid groups (broad SMARTS) is 1. The Morgan fingerprint density at radius 3 is 2.41 bits per heavy atom. The van der Waals surface area contributed by atoms with Crippen molar-refractivity contribution >= 4 is 57.2 Å². The van der Waals surface area contributed by atoms with Gasteiger partial charge < -0.3 is 15.2 Å². The lowest BCUT2D eigenvalue weighted by atomic mass is 10.1. The van der Waals surface area contributed by atoms with Gasteiger partial charge in [0, 0.05) is 15.8 Å². The molecule has 3 aromatic rings. The number of carbonyl (C=O) groups excluding carboxylic acids is 3. The summed E-state index contributed by atoms with van der Waals surface area (Å²) in [7, 11) is 0. The van der Waals surface area contributed by atoms with Crippen molar-refractivity contribution in [2.24, 2.45) is 0 Å². The number of carboxylic acids is 1. The first-order chi connectivity index (χ1) is 15.3. The Balaban J connectivity index is 0.00000176. The van der Waals surface area contributed by atoms with Gasteiger partial charge >= 0.3 is 12.1 Å². The lowest BCUT2D eigenvalue weighted by molar-refractivity contribution is -0.140. The number of ketones is 1. The van der Waals surface area contributed by atoms with E-state index in [1.54, 1.807) is 30.3 Å². The van der Waals surface area contributed by atoms with Crippen LogP contribution in [0.2, 0.25) is 5.02 Å². The molecule has 0 radical (unpaired) electrons. The van der Waals surface area contributed by atoms with Crippen molar-refractivity contribution in [3.8, 4) is 0 Å². The summed E-state index contributed by atoms with van der Waals surface area (Å²) < 4.78 is 18.9. The van der Waals surface area contributed by atoms with Crippen LogP contribution in [0, 0.1) is 0 Å². The van der Waals surface area contributed by atoms with E-state index in [9.17, 15) is 23.6 Å². The fraction of sp³-hybridized carbons (Fsp3) is 0.273. The van der Waals surface area contributed by atoms with E-state index in [1.807, 2.05) is 26.0 Å². The van der Waals surface area contributed by atoms with Gasteiger partial charge in [-0.2, -0.15) is 0 Å². The first kappa shape index (κ1) is 24.8. The molecular weight excluding hydrogens is 443 g/mol. The predicted octanol–water partition coefficient (Wildman–Crippen LogP) is 3.96. The maximum absolute atomic E-state index is 12.7. The van der Waals surface area contributed by atoms with Crippen LogP contribution in [0.15, 0.2) is 42.5 Å². The maximum Gasteiger partial charge on any atom is 0.419 e. The largest absolute Gasteiger partial charge is 0.481 e. The van der Waals surface area contributed by atoms with Gasteiger partial charge in [0.15, 0.2) is 12.4 Å². The van der Waals surface area contributed by atoms with E-state index in [4.69, 9.17) is 21.4 Å². The molecule has 8 nitrogen and oxygen atoms in total. The molecule has 0 saturated carbocycles. The molecular formula is C22H22ClFN2O6. The van der Waals surface area contributed by atoms with Crippen molar-refractivity contribution < 1.29 is 33.4 Å². The number of amides is 1. The smallest absolute Gasteiger partial charge is 0.419 e. The summed E-state index contributed by atoms with van der Waals surface area (Å²) in [6.45, 7) is 1.78. The van der Waals surface area contributed by atoms with E-state index in [1.165, 1.54) is 4.57 Å². The molecule has 1 amide bonds. The van der Waals surface area contributed by atoms with Crippen LogP contribution in [0.1, 0.15) is 20.3 Å². The van der Waals surface area contributed by atoms with Gasteiger partial charge in [0.1, 0.15) is 12.7 Å². The molecule has 0 saturated heterocycles. The molecule has 3 rings (SSSR count). The fourth-order valence-electron chi connectivity index (χ4n) is 3.08. The van der Waals surface area contributed by atoms with Crippen molar-refractivity contribution in [2.75, 3.05) is 13.3 Å². The molecule has 10 heteroatoms. The number of benzene rings is 2. The Labute approximate surface area is 187 Å². The Hall–Kier alpha value is -3.46. The van der Waals surface area contributed by atoms with Gasteiger partial charge in [-0.25, -0.2) is 13.8 Å². The van der Waals surface area contributed by atoms with Gasteiger partial charge in [0.25, 0.3) is 5.91 Å². The average Bonchev–Trinajstić information content (AvgIpc) is 3.11. The minimum Gasteiger partial charge on any atom is -0.481 e. The lowest BCUT2D eigenvalue weighted by Crippen LogP contribution is -2.44. The predicted molar refractivity (Wildman–Crippen MR) is 118 cm³/mol. The second-order valence-corrected chi connectivity index (χ2v) is 6.82. The van der Waals surface area contributed by atoms with E-state index >= 15 is 0 Å². The number of alkyl halides is 1. The third-order valence-corrected chi connectivity index (χ3v) is 4.61. The number of aromatic nitrogens is 1. The van der Waals surface area contributed by atoms with E-state index < -0.39 is 49.5 Å². The Morgan fingerprint density at radius 1 is 1.09 bits per heavy atom. The molecule has 1 heterocycles. The Kier molecular flexibility index (Phi) is 8.71. The number of hydrogen-bond acceptors (Lipinski definition) is 5. The van der Waals surface area contributed by atoms with Crippen LogP contribution in [-0.4, -0.2) is 52.7 Å². The lowest BCUT2D eigenvalue weighted by Gasteiger charge is -2.14. The first-order valence-corrected chi connectivity index (χ1v) is 10.1. The summed E-state index contributed by atoms with van der Waals surface area (Å²) in [5.74, 6) is -3.41. The highest BCUT2D eigenvalue weighted by Gasteiger charge is 2.24. The van der Waals surface area contributed by atoms with Crippen LogP contribution >= 0.6 is 11.6 Å². The second-order valence-electron chi connectivity index (χ2n) is 6.39. The van der Waals surface area contributed by atoms with Crippen molar-refractivity contribution in [2.45, 2.75) is 26.3 Å². The zero-order chi connectivity index (χ0) is 23.8. The molecule has 0 aliphatic carbocycles. The normalized spacial score (nSPS) is 11.4. The van der Waals surface area contributed by atoms with E-state index in [-0.39, 0.29) is 0 Å². The standard InChI is InChI=1S/C20H16ClFN2O6.C2H6/c21-11-5-6-13-12-3-1-2-4-15(12)24(16(13)7-11)20(29)30-10-18(26)23-14(8-19(27)28)17(25)9-22;1-2/h1-7,14H,8-10H2,(H,23,26)(H,27,28);1-2H3. The molecule has 0 spiro atoms. The number of Topliss-reactive ketones (excluding diaryl/α,β-unsaturated/α-hetero) is 1. The number of halogens is 2. The number of fused-ring (bicyclic) bond motifs is 3. The van der Waals surface area contributed by atoms with E-state index in [0.29, 0.717) is 16.1 Å². The molecule has 2 N–H and O–H groups in total. The number of carbonyl (C=O) groups is 4. The van der Waals surface area contributed by atoms with Gasteiger partial charge in [-0.1, -0.05) is 49.7 Å². The van der Waals surface area contributed by atoms with Crippen molar-refractivity contribution in [3.05, 3.63) is 47.5 Å². The molecule has 0 aliphatic heterocycles. The molecule has 32 heavy (non-hydrogen) atoms. The number of ether oxygens (including phenoxy) is 1. The summed E-state index contributed by atoms with van der Waals surface area (Å²) in [6, 6.07) is 10.5. The van der Waals surface area contributed by atoms with Crippen molar-refractivity contribution in [1.29, 1.82) is 0 Å². The minimum atomic E-state index is -1.55. The highest BCUT2D eigenvalue weighted by Crippen LogP contribution is 2.30. The zero-order valence-electron chi connectivity index (χ0n) is 17.4. The van der Waals surface area contributed by atoms with E-state index in [2.05, 4.69) is 5.32 Å². The van der Waals surface area contributed by atoms with Crippen LogP contribution < -0.4 is 5.32 Å². The maximum atomic E-state index is 12.7. The number of nitrogens with one attached hydrogen (secondary N) is 1. The molecule has 0 fully saturated rings. The number of rotatable bonds is 7. The third kappa shape index (κ3) is 5.61. The van der Waals surface area contributed by atoms with Crippen LogP contribution in [0.4, 0.5) is 9.18 Å². The summed E-state index contributed by atoms with van der Waals surface area (Å²) >= 11 is 6.05. The topological polar surface area (TPSA) is 115 Å². The molecule has 1 unspecified atom stereocenters. The molecule has 0 bridgehead atoms. The molecule has 170 valence electrons. The second kappa shape index (κ2) is 11.2. The monoisotopic (exact) mass is 464 g/mol. The van der Waals surface area contributed by atoms with Gasteiger partial charge in [0.05, 0.1) is 17.5 Å². The highest BCUT2D eigenvalue weighted by atomic mass is 35.5. The number of para-hydroxylation sites is 1. The van der Waals surface area contributed by atoms with Crippen molar-refractivity contribution in [1.82, 2.24) is 9.88 Å². The average molecular weight is 465 g/mol. The van der Waals surface area contributed by atoms with Crippen molar-refractivity contribution in [3.63, 3.8) is 0 Å². The molecule has 0 aliphatic rings. The van der Waals surface area contributed by atoms with E-state index in [0.717, 1.165) is 10.8 Å². The summed E-state index contributed by atoms with van der Waals surface area (Å²) in [4.78, 5) is 47.0. The molecule has 2 aromatic carbocycles. The molecule has 1 atom stereocenters. The Morgan fingerprint density at radius 2 is 1.75 bits per heavy atom. The van der Waals surface area contributed by atoms with Crippen LogP contribution in [0.5, 0.6) is 0 Å². The summed E-state index contributed by atoms with van der Waals surface area (Å²) in [5, 5.41) is 12.8. The van der Waals surface area contributed by atoms with Crippen LogP contribution in [-0.2, 0) is 19.1 Å². The first-order valence-electron chi connectivity index (χ1n) is 9.77. The summed E-state index contributed by atoms with van der Waals surface area (Å²) in [6.07, 6.45) is -1.65. The van der Waals surface area contributed by atoms with Crippen LogP contribution in [0.25, 0.3) is 21.8 Å². The third-order valence-electron chi connectivity index (χ3n) is 4.38. The highest BCUT2D eigenvalue weighted by molar-refractivity contribution is 6.31. The summed E-state index contributed by atoms with van der Waals surface area (Å²) in [5.41, 5.74) is 1.02. The van der Waals surface area contributed by atoms with Gasteiger partial charge in [-0.05, 0) is 18.2 Å². The number of hydrogen-bond donors (Lipinski definition) is 2. The number of nitrogens with zero attached hydrogens (tertiary/aromatic N) is 1. The van der Waals surface area contributed by atoms with Gasteiger partial charge in [-0.3, -0.25) is 14.4 Å². The quantitative estimate of drug-likeness (QED) is 0.547. The fourth-order valence-corrected chi connectivity index (χ4v) is 3.25. The minimum absolute atomic E-state index is 0.401. The zero-order valence-corrected chi connectivity index (χ0v) is 18.2. The Bertz CT molecular complexity index is 1160. The SMILES string of the molecule is CC.O=C(O)CC(NC(=O)COC(=O)n1c2ccccc2c2ccc(Cl)cc21)C(=O)CF. The molecule has 1 aromatic heterocycles. The van der Waals surface area contributed by atoms with Gasteiger partial charge in [-0.15, -0.1) is 0 Å².